The first-order valence-electron chi connectivity index (χ1n) is 5.21. The Morgan fingerprint density at radius 1 is 1.29 bits per heavy atom. The van der Waals surface area contributed by atoms with Crippen molar-refractivity contribution in [3.05, 3.63) is 29.8 Å². The Kier molecular flexibility index (Phi) is 4.51. The summed E-state index contributed by atoms with van der Waals surface area (Å²) in [6.07, 6.45) is -0.717. The first-order valence-corrected chi connectivity index (χ1v) is 5.21. The van der Waals surface area contributed by atoms with Gasteiger partial charge in [0, 0.05) is 0 Å². The predicted octanol–water partition coefficient (Wildman–Crippen LogP) is 1.72. The zero-order valence-corrected chi connectivity index (χ0v) is 9.67. The Balaban J connectivity index is 2.63. The van der Waals surface area contributed by atoms with E-state index in [1.165, 1.54) is 24.3 Å². The van der Waals surface area contributed by atoms with E-state index >= 15 is 0 Å². The van der Waals surface area contributed by atoms with Gasteiger partial charge in [0.2, 0.25) is 0 Å². The highest BCUT2D eigenvalue weighted by atomic mass is 16.6. The molecule has 0 aliphatic rings. The number of hydrogen-bond acceptors (Lipinski definition) is 4. The molecule has 1 aromatic carbocycles. The molecule has 0 heterocycles. The molecule has 0 spiro atoms. The Hall–Kier alpha value is -2.04. The van der Waals surface area contributed by atoms with Gasteiger partial charge in [0.05, 0.1) is 12.2 Å². The summed E-state index contributed by atoms with van der Waals surface area (Å²) in [5, 5.41) is 8.70. The third-order valence-electron chi connectivity index (χ3n) is 2.03. The number of ether oxygens (including phenoxy) is 2. The van der Waals surface area contributed by atoms with Crippen LogP contribution in [-0.4, -0.2) is 29.8 Å². The summed E-state index contributed by atoms with van der Waals surface area (Å²) in [4.78, 5) is 21.9. The Morgan fingerprint density at radius 3 is 2.35 bits per heavy atom. The van der Waals surface area contributed by atoms with Gasteiger partial charge in [-0.25, -0.2) is 9.59 Å². The van der Waals surface area contributed by atoms with Crippen LogP contribution < -0.4 is 4.74 Å². The van der Waals surface area contributed by atoms with E-state index in [0.29, 0.717) is 12.4 Å². The van der Waals surface area contributed by atoms with Gasteiger partial charge in [-0.3, -0.25) is 0 Å². The summed E-state index contributed by atoms with van der Waals surface area (Å²) in [7, 11) is 0. The second-order valence-electron chi connectivity index (χ2n) is 3.34. The van der Waals surface area contributed by atoms with Crippen molar-refractivity contribution in [1.82, 2.24) is 0 Å². The molecule has 92 valence electrons. The Bertz CT molecular complexity index is 396. The number of carboxylic acid groups (broad SMARTS) is 1. The van der Waals surface area contributed by atoms with Gasteiger partial charge >= 0.3 is 11.9 Å². The summed E-state index contributed by atoms with van der Waals surface area (Å²) in [6, 6.07) is 5.82. The quantitative estimate of drug-likeness (QED) is 0.790. The summed E-state index contributed by atoms with van der Waals surface area (Å²) < 4.78 is 10.1. The molecule has 0 saturated carbocycles. The molecule has 0 saturated heterocycles. The predicted molar refractivity (Wildman–Crippen MR) is 60.1 cm³/mol. The van der Waals surface area contributed by atoms with Crippen LogP contribution in [0.3, 0.4) is 0 Å². The van der Waals surface area contributed by atoms with E-state index in [-0.39, 0.29) is 5.56 Å². The number of carboxylic acids is 1. The van der Waals surface area contributed by atoms with Gasteiger partial charge in [0.15, 0.2) is 6.10 Å². The van der Waals surface area contributed by atoms with Crippen LogP contribution >= 0.6 is 0 Å². The van der Waals surface area contributed by atoms with Crippen molar-refractivity contribution in [2.45, 2.75) is 20.0 Å². The van der Waals surface area contributed by atoms with Crippen LogP contribution in [0.5, 0.6) is 5.75 Å². The lowest BCUT2D eigenvalue weighted by Crippen LogP contribution is -2.26. The van der Waals surface area contributed by atoms with E-state index in [4.69, 9.17) is 14.6 Å². The maximum Gasteiger partial charge on any atom is 0.347 e. The molecule has 0 radical (unpaired) electrons. The van der Waals surface area contributed by atoms with E-state index < -0.39 is 18.0 Å². The normalized spacial score (nSPS) is 11.6. The van der Waals surface area contributed by atoms with Crippen LogP contribution in [0.15, 0.2) is 24.3 Å². The van der Waals surface area contributed by atoms with Crippen molar-refractivity contribution in [3.8, 4) is 5.75 Å². The van der Waals surface area contributed by atoms with Crippen LogP contribution in [0.2, 0.25) is 0 Å². The molecule has 0 bridgehead atoms. The van der Waals surface area contributed by atoms with E-state index in [1.54, 1.807) is 13.8 Å². The van der Waals surface area contributed by atoms with Gasteiger partial charge in [0.1, 0.15) is 5.75 Å². The van der Waals surface area contributed by atoms with Crippen molar-refractivity contribution < 1.29 is 24.2 Å². The Labute approximate surface area is 99.0 Å². The molecule has 17 heavy (non-hydrogen) atoms. The number of carbonyl (C=O) groups is 2. The first-order chi connectivity index (χ1) is 8.04. The number of esters is 1. The second kappa shape index (κ2) is 5.89. The molecular weight excluding hydrogens is 224 g/mol. The van der Waals surface area contributed by atoms with Gasteiger partial charge in [0.25, 0.3) is 0 Å². The number of rotatable bonds is 5. The van der Waals surface area contributed by atoms with E-state index in [0.717, 1.165) is 0 Å². The molecule has 0 amide bonds. The van der Waals surface area contributed by atoms with Crippen LogP contribution in [0.25, 0.3) is 0 Å². The number of hydrogen-bond donors (Lipinski definition) is 1. The minimum atomic E-state index is -1.00. The van der Waals surface area contributed by atoms with Gasteiger partial charge in [-0.15, -0.1) is 0 Å². The minimum Gasteiger partial charge on any atom is -0.479 e. The van der Waals surface area contributed by atoms with E-state index in [2.05, 4.69) is 0 Å². The maximum atomic E-state index is 11.3. The van der Waals surface area contributed by atoms with Crippen molar-refractivity contribution in [3.63, 3.8) is 0 Å². The number of aromatic carboxylic acids is 1. The van der Waals surface area contributed by atoms with Crippen LogP contribution in [0.1, 0.15) is 24.2 Å². The summed E-state index contributed by atoms with van der Waals surface area (Å²) >= 11 is 0. The fraction of sp³-hybridized carbons (Fsp3) is 0.333. The zero-order valence-electron chi connectivity index (χ0n) is 9.67. The highest BCUT2D eigenvalue weighted by Crippen LogP contribution is 2.14. The summed E-state index contributed by atoms with van der Waals surface area (Å²) in [5.74, 6) is -1.03. The van der Waals surface area contributed by atoms with E-state index in [1.807, 2.05) is 0 Å². The summed E-state index contributed by atoms with van der Waals surface area (Å²) in [6.45, 7) is 3.58. The average Bonchev–Trinajstić information content (AvgIpc) is 2.30. The molecule has 1 atom stereocenters. The summed E-state index contributed by atoms with van der Waals surface area (Å²) in [5.41, 5.74) is 0.168. The Morgan fingerprint density at radius 2 is 1.88 bits per heavy atom. The average molecular weight is 238 g/mol. The van der Waals surface area contributed by atoms with Crippen molar-refractivity contribution in [2.75, 3.05) is 6.61 Å². The molecule has 0 aliphatic heterocycles. The largest absolute Gasteiger partial charge is 0.479 e. The smallest absolute Gasteiger partial charge is 0.347 e. The molecule has 5 nitrogen and oxygen atoms in total. The SMILES string of the molecule is CCOC(=O)C(C)Oc1ccc(C(=O)O)cc1. The topological polar surface area (TPSA) is 72.8 Å². The van der Waals surface area contributed by atoms with E-state index in [9.17, 15) is 9.59 Å². The zero-order chi connectivity index (χ0) is 12.8. The van der Waals surface area contributed by atoms with Crippen molar-refractivity contribution in [2.24, 2.45) is 0 Å². The molecule has 1 N–H and O–H groups in total. The molecule has 0 fully saturated rings. The van der Waals surface area contributed by atoms with Gasteiger partial charge < -0.3 is 14.6 Å². The fourth-order valence-corrected chi connectivity index (χ4v) is 1.19. The number of carbonyl (C=O) groups excluding carboxylic acids is 1. The molecule has 0 aliphatic carbocycles. The second-order valence-corrected chi connectivity index (χ2v) is 3.34. The highest BCUT2D eigenvalue weighted by molar-refractivity contribution is 5.87. The lowest BCUT2D eigenvalue weighted by molar-refractivity contribution is -0.150. The molecule has 1 aromatic rings. The molecule has 0 aromatic heterocycles. The molecule has 1 unspecified atom stereocenters. The van der Waals surface area contributed by atoms with Gasteiger partial charge in [-0.05, 0) is 38.1 Å². The van der Waals surface area contributed by atoms with Crippen LogP contribution in [0.4, 0.5) is 0 Å². The third-order valence-corrected chi connectivity index (χ3v) is 2.03. The lowest BCUT2D eigenvalue weighted by Gasteiger charge is -2.13. The van der Waals surface area contributed by atoms with Crippen molar-refractivity contribution in [1.29, 1.82) is 0 Å². The van der Waals surface area contributed by atoms with Crippen LogP contribution in [0, 0.1) is 0 Å². The third kappa shape index (κ3) is 3.79. The minimum absolute atomic E-state index is 0.168. The standard InChI is InChI=1S/C12H14O5/c1-3-16-12(15)8(2)17-10-6-4-9(5-7-10)11(13)14/h4-8H,3H2,1-2H3,(H,13,14). The van der Waals surface area contributed by atoms with Gasteiger partial charge in [-0.1, -0.05) is 0 Å². The lowest BCUT2D eigenvalue weighted by atomic mass is 10.2. The fourth-order valence-electron chi connectivity index (χ4n) is 1.19. The van der Waals surface area contributed by atoms with Crippen molar-refractivity contribution >= 4 is 11.9 Å². The molecule has 5 heteroatoms. The highest BCUT2D eigenvalue weighted by Gasteiger charge is 2.15. The molecular formula is C12H14O5. The first kappa shape index (κ1) is 13.0. The van der Waals surface area contributed by atoms with Crippen LogP contribution in [-0.2, 0) is 9.53 Å². The maximum absolute atomic E-state index is 11.3. The van der Waals surface area contributed by atoms with Gasteiger partial charge in [-0.2, -0.15) is 0 Å². The molecule has 1 rings (SSSR count). The number of benzene rings is 1. The monoisotopic (exact) mass is 238 g/mol.